The van der Waals surface area contributed by atoms with Gasteiger partial charge < -0.3 is 10.1 Å². The minimum atomic E-state index is -3.81. The summed E-state index contributed by atoms with van der Waals surface area (Å²) in [6.07, 6.45) is 9.03. The Balaban J connectivity index is 1.89. The first-order valence-corrected chi connectivity index (χ1v) is 10.3. The minimum absolute atomic E-state index is 0.0397. The fourth-order valence-corrected chi connectivity index (χ4v) is 3.88. The summed E-state index contributed by atoms with van der Waals surface area (Å²) >= 11 is 0. The molecule has 0 aromatic heterocycles. The molecule has 7 nitrogen and oxygen atoms in total. The van der Waals surface area contributed by atoms with Gasteiger partial charge in [-0.15, -0.1) is 6.42 Å². The van der Waals surface area contributed by atoms with E-state index < -0.39 is 22.6 Å². The molecule has 1 aliphatic rings. The van der Waals surface area contributed by atoms with Gasteiger partial charge in [0, 0.05) is 6.04 Å². The maximum Gasteiger partial charge on any atom is 0.338 e. The number of carbonyl (C=O) groups is 2. The second-order valence-corrected chi connectivity index (χ2v) is 8.42. The van der Waals surface area contributed by atoms with E-state index in [0.29, 0.717) is 5.92 Å². The van der Waals surface area contributed by atoms with Crippen molar-refractivity contribution in [2.24, 2.45) is 5.92 Å². The molecular weight excluding hydrogens is 368 g/mol. The topological polar surface area (TPSA) is 102 Å². The lowest BCUT2D eigenvalue weighted by Gasteiger charge is -2.26. The number of nitrogens with one attached hydrogen (secondary N) is 2. The van der Waals surface area contributed by atoms with Crippen LogP contribution in [0.1, 0.15) is 43.0 Å². The predicted octanol–water partition coefficient (Wildman–Crippen LogP) is 1.45. The highest BCUT2D eigenvalue weighted by Crippen LogP contribution is 2.23. The molecule has 2 N–H and O–H groups in total. The number of rotatable bonds is 7. The van der Waals surface area contributed by atoms with Crippen LogP contribution in [0.4, 0.5) is 0 Å². The van der Waals surface area contributed by atoms with Gasteiger partial charge in [-0.1, -0.05) is 18.9 Å². The highest BCUT2D eigenvalue weighted by atomic mass is 32.2. The van der Waals surface area contributed by atoms with Gasteiger partial charge in [-0.3, -0.25) is 4.79 Å². The Morgan fingerprint density at radius 1 is 1.26 bits per heavy atom. The maximum atomic E-state index is 12.1. The smallest absolute Gasteiger partial charge is 0.338 e. The molecule has 1 fully saturated rings. The SMILES string of the molecule is C#CCNS(=O)(=O)c1cccc(C(=O)OCC(=O)NC2CCC(C)CC2)c1. The van der Waals surface area contributed by atoms with Crippen LogP contribution in [-0.2, 0) is 19.6 Å². The fourth-order valence-electron chi connectivity index (χ4n) is 2.90. The number of terminal acetylenes is 1. The molecule has 0 heterocycles. The summed E-state index contributed by atoms with van der Waals surface area (Å²) in [4.78, 5) is 24.0. The van der Waals surface area contributed by atoms with Crippen molar-refractivity contribution in [1.29, 1.82) is 0 Å². The Morgan fingerprint density at radius 3 is 2.63 bits per heavy atom. The van der Waals surface area contributed by atoms with Crippen molar-refractivity contribution < 1.29 is 22.7 Å². The predicted molar refractivity (Wildman–Crippen MR) is 100 cm³/mol. The third kappa shape index (κ3) is 6.38. The molecule has 1 aromatic carbocycles. The molecule has 146 valence electrons. The van der Waals surface area contributed by atoms with Gasteiger partial charge >= 0.3 is 5.97 Å². The number of ether oxygens (including phenoxy) is 1. The fraction of sp³-hybridized carbons (Fsp3) is 0.474. The molecule has 2 rings (SSSR count). The number of esters is 1. The maximum absolute atomic E-state index is 12.1. The Hall–Kier alpha value is -2.37. The van der Waals surface area contributed by atoms with Crippen molar-refractivity contribution in [3.8, 4) is 12.3 Å². The van der Waals surface area contributed by atoms with Gasteiger partial charge in [0.2, 0.25) is 10.0 Å². The van der Waals surface area contributed by atoms with E-state index >= 15 is 0 Å². The molecule has 0 aliphatic heterocycles. The highest BCUT2D eigenvalue weighted by Gasteiger charge is 2.21. The van der Waals surface area contributed by atoms with Gasteiger partial charge in [-0.05, 0) is 49.8 Å². The summed E-state index contributed by atoms with van der Waals surface area (Å²) in [5, 5.41) is 2.86. The number of amides is 1. The molecule has 1 aromatic rings. The van der Waals surface area contributed by atoms with Crippen LogP contribution in [0, 0.1) is 18.3 Å². The molecule has 1 aliphatic carbocycles. The van der Waals surface area contributed by atoms with Crippen LogP contribution in [0.5, 0.6) is 0 Å². The lowest BCUT2D eigenvalue weighted by Crippen LogP contribution is -2.39. The normalized spacial score (nSPS) is 19.7. The number of hydrogen-bond acceptors (Lipinski definition) is 5. The van der Waals surface area contributed by atoms with E-state index in [1.54, 1.807) is 0 Å². The molecule has 1 saturated carbocycles. The third-order valence-electron chi connectivity index (χ3n) is 4.46. The first kappa shape index (κ1) is 20.9. The molecule has 8 heteroatoms. The number of sulfonamides is 1. The number of hydrogen-bond donors (Lipinski definition) is 2. The summed E-state index contributed by atoms with van der Waals surface area (Å²) in [5.41, 5.74) is 0.0397. The summed E-state index contributed by atoms with van der Waals surface area (Å²) in [7, 11) is -3.81. The zero-order valence-electron chi connectivity index (χ0n) is 15.2. The van der Waals surface area contributed by atoms with Crippen LogP contribution in [0.2, 0.25) is 0 Å². The summed E-state index contributed by atoms with van der Waals surface area (Å²) in [6, 6.07) is 5.48. The Labute approximate surface area is 159 Å². The standard InChI is InChI=1S/C19H24N2O5S/c1-3-11-20-27(24,25)17-6-4-5-15(12-17)19(23)26-13-18(22)21-16-9-7-14(2)8-10-16/h1,4-6,12,14,16,20H,7-11,13H2,2H3,(H,21,22). The Bertz CT molecular complexity index is 821. The first-order valence-electron chi connectivity index (χ1n) is 8.81. The van der Waals surface area contributed by atoms with Crippen molar-refractivity contribution in [3.05, 3.63) is 29.8 Å². The van der Waals surface area contributed by atoms with E-state index in [9.17, 15) is 18.0 Å². The zero-order valence-corrected chi connectivity index (χ0v) is 16.1. The van der Waals surface area contributed by atoms with Crippen molar-refractivity contribution in [2.45, 2.75) is 43.5 Å². The van der Waals surface area contributed by atoms with Gasteiger partial charge in [0.05, 0.1) is 17.0 Å². The van der Waals surface area contributed by atoms with E-state index in [1.807, 2.05) is 0 Å². The van der Waals surface area contributed by atoms with E-state index in [0.717, 1.165) is 25.7 Å². The second-order valence-electron chi connectivity index (χ2n) is 6.66. The molecule has 1 amide bonds. The summed E-state index contributed by atoms with van der Waals surface area (Å²) < 4.78 is 31.3. The van der Waals surface area contributed by atoms with Crippen LogP contribution in [0.15, 0.2) is 29.2 Å². The van der Waals surface area contributed by atoms with Crippen LogP contribution in [-0.4, -0.2) is 39.5 Å². The molecule has 0 atom stereocenters. The lowest BCUT2D eigenvalue weighted by atomic mass is 9.87. The van der Waals surface area contributed by atoms with Gasteiger partial charge in [0.1, 0.15) is 0 Å². The molecule has 27 heavy (non-hydrogen) atoms. The van der Waals surface area contributed by atoms with Gasteiger partial charge in [0.15, 0.2) is 6.61 Å². The molecular formula is C19H24N2O5S. The van der Waals surface area contributed by atoms with E-state index in [4.69, 9.17) is 11.2 Å². The lowest BCUT2D eigenvalue weighted by molar-refractivity contribution is -0.125. The quantitative estimate of drug-likeness (QED) is 0.540. The molecule has 0 bridgehead atoms. The second kappa shape index (κ2) is 9.53. The summed E-state index contributed by atoms with van der Waals surface area (Å²) in [6.45, 7) is 1.63. The largest absolute Gasteiger partial charge is 0.452 e. The summed E-state index contributed by atoms with van der Waals surface area (Å²) in [5.74, 6) is 1.72. The van der Waals surface area contributed by atoms with Gasteiger partial charge in [-0.2, -0.15) is 4.72 Å². The van der Waals surface area contributed by atoms with Crippen LogP contribution in [0.3, 0.4) is 0 Å². The molecule has 0 saturated heterocycles. The average Bonchev–Trinajstić information content (AvgIpc) is 2.66. The average molecular weight is 392 g/mol. The molecule has 0 spiro atoms. The Kier molecular flexibility index (Phi) is 7.39. The highest BCUT2D eigenvalue weighted by molar-refractivity contribution is 7.89. The van der Waals surface area contributed by atoms with E-state index in [1.165, 1.54) is 24.3 Å². The first-order chi connectivity index (χ1) is 12.8. The third-order valence-corrected chi connectivity index (χ3v) is 5.86. The van der Waals surface area contributed by atoms with Crippen molar-refractivity contribution in [2.75, 3.05) is 13.2 Å². The van der Waals surface area contributed by atoms with E-state index in [-0.39, 0.29) is 29.0 Å². The van der Waals surface area contributed by atoms with Crippen molar-refractivity contribution in [3.63, 3.8) is 0 Å². The molecule has 0 unspecified atom stereocenters. The molecule has 0 radical (unpaired) electrons. The van der Waals surface area contributed by atoms with E-state index in [2.05, 4.69) is 22.9 Å². The van der Waals surface area contributed by atoms with Crippen molar-refractivity contribution in [1.82, 2.24) is 10.0 Å². The minimum Gasteiger partial charge on any atom is -0.452 e. The van der Waals surface area contributed by atoms with Gasteiger partial charge in [-0.25, -0.2) is 13.2 Å². The monoisotopic (exact) mass is 392 g/mol. The van der Waals surface area contributed by atoms with Crippen LogP contribution >= 0.6 is 0 Å². The number of benzene rings is 1. The zero-order chi connectivity index (χ0) is 19.9. The Morgan fingerprint density at radius 2 is 1.96 bits per heavy atom. The van der Waals surface area contributed by atoms with Gasteiger partial charge in [0.25, 0.3) is 5.91 Å². The van der Waals surface area contributed by atoms with Crippen LogP contribution < -0.4 is 10.0 Å². The van der Waals surface area contributed by atoms with Crippen LogP contribution in [0.25, 0.3) is 0 Å². The number of carbonyl (C=O) groups excluding carboxylic acids is 2. The van der Waals surface area contributed by atoms with Crippen molar-refractivity contribution >= 4 is 21.9 Å².